The minimum absolute atomic E-state index is 0.129. The zero-order valence-electron chi connectivity index (χ0n) is 12.5. The second-order valence-corrected chi connectivity index (χ2v) is 8.44. The van der Waals surface area contributed by atoms with Crippen LogP contribution in [-0.4, -0.2) is 63.6 Å². The van der Waals surface area contributed by atoms with Crippen LogP contribution in [0, 0.1) is 0 Å². The van der Waals surface area contributed by atoms with Gasteiger partial charge in [-0.3, -0.25) is 9.89 Å². The van der Waals surface area contributed by atoms with Gasteiger partial charge in [-0.15, -0.1) is 5.10 Å². The number of aromatic amines is 1. The standard InChI is InChI=1S/C12H20N4O4S2/c1-3-9(11(17)18)21-12-13-10(14-15-12)8-4-6-16(7-5-8)22(2,19)20/h8-9H,3-7H2,1-2H3,(H,17,18)(H,13,14,15)/t9-/m0/s1. The van der Waals surface area contributed by atoms with Crippen molar-refractivity contribution < 1.29 is 18.3 Å². The summed E-state index contributed by atoms with van der Waals surface area (Å²) in [6.45, 7) is 2.75. The van der Waals surface area contributed by atoms with Gasteiger partial charge in [0.2, 0.25) is 15.2 Å². The van der Waals surface area contributed by atoms with Gasteiger partial charge in [0.15, 0.2) is 0 Å². The highest BCUT2D eigenvalue weighted by atomic mass is 32.2. The minimum atomic E-state index is -3.14. The molecule has 0 aliphatic carbocycles. The van der Waals surface area contributed by atoms with Crippen molar-refractivity contribution in [3.8, 4) is 0 Å². The third-order valence-electron chi connectivity index (χ3n) is 3.69. The van der Waals surface area contributed by atoms with E-state index in [-0.39, 0.29) is 5.92 Å². The molecule has 124 valence electrons. The van der Waals surface area contributed by atoms with Crippen LogP contribution in [0.4, 0.5) is 0 Å². The van der Waals surface area contributed by atoms with Gasteiger partial charge in [0.25, 0.3) is 0 Å². The number of hydrogen-bond donors (Lipinski definition) is 2. The van der Waals surface area contributed by atoms with Crippen LogP contribution in [0.2, 0.25) is 0 Å². The Morgan fingerprint density at radius 3 is 2.64 bits per heavy atom. The van der Waals surface area contributed by atoms with Crippen molar-refractivity contribution in [2.24, 2.45) is 0 Å². The molecule has 2 rings (SSSR count). The number of aromatic nitrogens is 3. The molecule has 22 heavy (non-hydrogen) atoms. The molecule has 0 saturated carbocycles. The number of carbonyl (C=O) groups is 1. The van der Waals surface area contributed by atoms with E-state index in [2.05, 4.69) is 15.2 Å². The van der Waals surface area contributed by atoms with Crippen LogP contribution < -0.4 is 0 Å². The van der Waals surface area contributed by atoms with Gasteiger partial charge in [0.05, 0.1) is 6.26 Å². The number of carboxylic acids is 1. The number of aliphatic carboxylic acids is 1. The summed E-state index contributed by atoms with van der Waals surface area (Å²) in [5, 5.41) is 15.8. The van der Waals surface area contributed by atoms with Gasteiger partial charge in [0, 0.05) is 19.0 Å². The monoisotopic (exact) mass is 348 g/mol. The zero-order chi connectivity index (χ0) is 16.3. The van der Waals surface area contributed by atoms with Gasteiger partial charge >= 0.3 is 5.97 Å². The lowest BCUT2D eigenvalue weighted by atomic mass is 9.98. The van der Waals surface area contributed by atoms with E-state index in [0.717, 1.165) is 11.8 Å². The molecule has 0 radical (unpaired) electrons. The van der Waals surface area contributed by atoms with E-state index in [1.54, 1.807) is 6.92 Å². The smallest absolute Gasteiger partial charge is 0.317 e. The molecule has 1 aromatic heterocycles. The molecule has 0 aromatic carbocycles. The first-order valence-corrected chi connectivity index (χ1v) is 9.81. The molecule has 2 N–H and O–H groups in total. The average molecular weight is 348 g/mol. The molecule has 1 atom stereocenters. The first-order valence-electron chi connectivity index (χ1n) is 7.08. The third kappa shape index (κ3) is 4.20. The molecule has 0 bridgehead atoms. The molecule has 1 aliphatic rings. The van der Waals surface area contributed by atoms with E-state index in [4.69, 9.17) is 5.11 Å². The summed E-state index contributed by atoms with van der Waals surface area (Å²) in [6, 6.07) is 0. The summed E-state index contributed by atoms with van der Waals surface area (Å²) in [7, 11) is -3.14. The molecule has 0 unspecified atom stereocenters. The number of H-pyrrole nitrogens is 1. The van der Waals surface area contributed by atoms with Crippen molar-refractivity contribution in [2.45, 2.75) is 42.5 Å². The summed E-state index contributed by atoms with van der Waals surface area (Å²) in [4.78, 5) is 15.4. The topological polar surface area (TPSA) is 116 Å². The van der Waals surface area contributed by atoms with Crippen LogP contribution in [0.15, 0.2) is 5.16 Å². The van der Waals surface area contributed by atoms with Gasteiger partial charge < -0.3 is 5.11 Å². The quantitative estimate of drug-likeness (QED) is 0.734. The Hall–Kier alpha value is -1.13. The maximum Gasteiger partial charge on any atom is 0.317 e. The van der Waals surface area contributed by atoms with Crippen LogP contribution in [0.5, 0.6) is 0 Å². The van der Waals surface area contributed by atoms with E-state index in [9.17, 15) is 13.2 Å². The maximum absolute atomic E-state index is 11.5. The fourth-order valence-electron chi connectivity index (χ4n) is 2.39. The van der Waals surface area contributed by atoms with Gasteiger partial charge in [0.1, 0.15) is 11.1 Å². The predicted octanol–water partition coefficient (Wildman–Crippen LogP) is 0.899. The van der Waals surface area contributed by atoms with E-state index in [1.807, 2.05) is 0 Å². The fourth-order valence-corrected chi connectivity index (χ4v) is 4.04. The van der Waals surface area contributed by atoms with Crippen molar-refractivity contribution in [3.05, 3.63) is 5.82 Å². The van der Waals surface area contributed by atoms with Crippen molar-refractivity contribution in [1.82, 2.24) is 19.5 Å². The molecule has 1 fully saturated rings. The van der Waals surface area contributed by atoms with Crippen LogP contribution in [0.1, 0.15) is 37.9 Å². The molecule has 1 aliphatic heterocycles. The molecule has 1 saturated heterocycles. The Bertz CT molecular complexity index is 623. The second-order valence-electron chi connectivity index (χ2n) is 5.29. The van der Waals surface area contributed by atoms with Crippen LogP contribution in [0.3, 0.4) is 0 Å². The molecular weight excluding hydrogens is 328 g/mol. The number of nitrogens with one attached hydrogen (secondary N) is 1. The van der Waals surface area contributed by atoms with Gasteiger partial charge in [-0.1, -0.05) is 18.7 Å². The Kier molecular flexibility index (Phi) is 5.45. The van der Waals surface area contributed by atoms with Gasteiger partial charge in [-0.25, -0.2) is 17.7 Å². The molecule has 0 amide bonds. The Morgan fingerprint density at radius 1 is 1.50 bits per heavy atom. The van der Waals surface area contributed by atoms with Crippen LogP contribution >= 0.6 is 11.8 Å². The number of rotatable bonds is 6. The summed E-state index contributed by atoms with van der Waals surface area (Å²) in [5.74, 6) is -0.0408. The van der Waals surface area contributed by atoms with Crippen molar-refractivity contribution in [1.29, 1.82) is 0 Å². The fraction of sp³-hybridized carbons (Fsp3) is 0.750. The number of carboxylic acid groups (broad SMARTS) is 1. The van der Waals surface area contributed by atoms with Crippen LogP contribution in [0.25, 0.3) is 0 Å². The lowest BCUT2D eigenvalue weighted by molar-refractivity contribution is -0.136. The molecular formula is C12H20N4O4S2. The second kappa shape index (κ2) is 6.97. The average Bonchev–Trinajstić information content (AvgIpc) is 2.92. The van der Waals surface area contributed by atoms with E-state index < -0.39 is 21.2 Å². The maximum atomic E-state index is 11.5. The van der Waals surface area contributed by atoms with Crippen LogP contribution in [-0.2, 0) is 14.8 Å². The summed E-state index contributed by atoms with van der Waals surface area (Å²) >= 11 is 1.13. The number of sulfonamides is 1. The number of hydrogen-bond acceptors (Lipinski definition) is 6. The van der Waals surface area contributed by atoms with Crippen molar-refractivity contribution in [3.63, 3.8) is 0 Å². The van der Waals surface area contributed by atoms with Crippen molar-refractivity contribution >= 4 is 27.8 Å². The Balaban J connectivity index is 1.97. The van der Waals surface area contributed by atoms with Gasteiger partial charge in [-0.2, -0.15) is 0 Å². The predicted molar refractivity (Wildman–Crippen MR) is 82.3 cm³/mol. The number of thioether (sulfide) groups is 1. The third-order valence-corrected chi connectivity index (χ3v) is 6.20. The first-order chi connectivity index (χ1) is 10.3. The molecule has 8 nitrogen and oxygen atoms in total. The normalized spacial score (nSPS) is 19.2. The lowest BCUT2D eigenvalue weighted by Gasteiger charge is -2.28. The van der Waals surface area contributed by atoms with E-state index in [1.165, 1.54) is 10.6 Å². The minimum Gasteiger partial charge on any atom is -0.480 e. The molecule has 10 heteroatoms. The lowest BCUT2D eigenvalue weighted by Crippen LogP contribution is -2.37. The first kappa shape index (κ1) is 17.2. The summed E-state index contributed by atoms with van der Waals surface area (Å²) in [6.07, 6.45) is 3.08. The van der Waals surface area contributed by atoms with E-state index in [0.29, 0.717) is 43.3 Å². The van der Waals surface area contributed by atoms with Gasteiger partial charge in [-0.05, 0) is 19.3 Å². The Labute approximate surface area is 133 Å². The number of piperidine rings is 1. The zero-order valence-corrected chi connectivity index (χ0v) is 14.2. The highest BCUT2D eigenvalue weighted by molar-refractivity contribution is 8.00. The molecule has 1 aromatic rings. The summed E-state index contributed by atoms with van der Waals surface area (Å²) < 4.78 is 24.4. The molecule has 2 heterocycles. The number of nitrogens with zero attached hydrogens (tertiary/aromatic N) is 3. The Morgan fingerprint density at radius 2 is 2.14 bits per heavy atom. The van der Waals surface area contributed by atoms with E-state index >= 15 is 0 Å². The SMILES string of the molecule is CC[C@H](Sc1n[nH]c(C2CCN(S(C)(=O)=O)CC2)n1)C(=O)O. The highest BCUT2D eigenvalue weighted by Crippen LogP contribution is 2.29. The largest absolute Gasteiger partial charge is 0.480 e. The summed E-state index contributed by atoms with van der Waals surface area (Å²) in [5.41, 5.74) is 0. The highest BCUT2D eigenvalue weighted by Gasteiger charge is 2.28. The van der Waals surface area contributed by atoms with Crippen molar-refractivity contribution in [2.75, 3.05) is 19.3 Å². The molecule has 0 spiro atoms.